The SMILES string of the molecule is C[C@H](CNC(=O)C(=O)NC[C@@H](C)c1ccccc1)c1ccccc1. The molecular weight excluding hydrogens is 300 g/mol. The zero-order chi connectivity index (χ0) is 17.4. The van der Waals surface area contributed by atoms with Crippen molar-refractivity contribution in [3.05, 3.63) is 71.8 Å². The summed E-state index contributed by atoms with van der Waals surface area (Å²) in [6.07, 6.45) is 0. The second-order valence-electron chi connectivity index (χ2n) is 6.04. The van der Waals surface area contributed by atoms with Gasteiger partial charge in [-0.25, -0.2) is 0 Å². The van der Waals surface area contributed by atoms with Crippen molar-refractivity contribution >= 4 is 11.8 Å². The summed E-state index contributed by atoms with van der Waals surface area (Å²) < 4.78 is 0. The van der Waals surface area contributed by atoms with E-state index in [2.05, 4.69) is 10.6 Å². The van der Waals surface area contributed by atoms with E-state index in [1.165, 1.54) is 0 Å². The summed E-state index contributed by atoms with van der Waals surface area (Å²) in [6, 6.07) is 19.8. The fraction of sp³-hybridized carbons (Fsp3) is 0.300. The number of hydrogen-bond donors (Lipinski definition) is 2. The van der Waals surface area contributed by atoms with Gasteiger partial charge < -0.3 is 10.6 Å². The molecule has 0 aliphatic rings. The molecule has 2 N–H and O–H groups in total. The molecule has 2 amide bonds. The van der Waals surface area contributed by atoms with Crippen LogP contribution in [0.15, 0.2) is 60.7 Å². The molecule has 0 bridgehead atoms. The van der Waals surface area contributed by atoms with Crippen molar-refractivity contribution in [1.29, 1.82) is 0 Å². The maximum atomic E-state index is 11.9. The third-order valence-corrected chi connectivity index (χ3v) is 4.08. The highest BCUT2D eigenvalue weighted by atomic mass is 16.2. The first-order valence-electron chi connectivity index (χ1n) is 8.24. The third-order valence-electron chi connectivity index (χ3n) is 4.08. The number of hydrogen-bond acceptors (Lipinski definition) is 2. The van der Waals surface area contributed by atoms with Crippen molar-refractivity contribution < 1.29 is 9.59 Å². The van der Waals surface area contributed by atoms with Gasteiger partial charge in [0.15, 0.2) is 0 Å². The Balaban J connectivity index is 1.75. The van der Waals surface area contributed by atoms with E-state index < -0.39 is 11.8 Å². The lowest BCUT2D eigenvalue weighted by atomic mass is 10.0. The van der Waals surface area contributed by atoms with Gasteiger partial charge in [0, 0.05) is 13.1 Å². The second-order valence-corrected chi connectivity index (χ2v) is 6.04. The molecule has 4 heteroatoms. The lowest BCUT2D eigenvalue weighted by Crippen LogP contribution is -2.42. The summed E-state index contributed by atoms with van der Waals surface area (Å²) in [4.78, 5) is 23.8. The molecule has 0 fully saturated rings. The molecule has 4 nitrogen and oxygen atoms in total. The Morgan fingerprint density at radius 3 is 1.38 bits per heavy atom. The summed E-state index contributed by atoms with van der Waals surface area (Å²) in [5.41, 5.74) is 2.27. The third kappa shape index (κ3) is 5.23. The van der Waals surface area contributed by atoms with Gasteiger partial charge in [-0.05, 0) is 23.0 Å². The van der Waals surface area contributed by atoms with Gasteiger partial charge in [0.2, 0.25) is 0 Å². The van der Waals surface area contributed by atoms with Crippen molar-refractivity contribution in [3.8, 4) is 0 Å². The number of benzene rings is 2. The lowest BCUT2D eigenvalue weighted by molar-refractivity contribution is -0.139. The first-order chi connectivity index (χ1) is 11.6. The van der Waals surface area contributed by atoms with E-state index in [0.29, 0.717) is 13.1 Å². The Labute approximate surface area is 143 Å². The first kappa shape index (κ1) is 17.7. The topological polar surface area (TPSA) is 58.2 Å². The van der Waals surface area contributed by atoms with Crippen LogP contribution >= 0.6 is 0 Å². The van der Waals surface area contributed by atoms with Crippen LogP contribution in [-0.2, 0) is 9.59 Å². The van der Waals surface area contributed by atoms with Gasteiger partial charge in [0.05, 0.1) is 0 Å². The molecule has 0 saturated carbocycles. The van der Waals surface area contributed by atoms with Crippen LogP contribution in [0.25, 0.3) is 0 Å². The number of amides is 2. The standard InChI is InChI=1S/C20H24N2O2/c1-15(17-9-5-3-6-10-17)13-21-19(23)20(24)22-14-16(2)18-11-7-4-8-12-18/h3-12,15-16H,13-14H2,1-2H3,(H,21,23)(H,22,24)/t15-,16-/m1/s1. The van der Waals surface area contributed by atoms with E-state index in [-0.39, 0.29) is 11.8 Å². The van der Waals surface area contributed by atoms with Crippen LogP contribution in [0.2, 0.25) is 0 Å². The predicted molar refractivity (Wildman–Crippen MR) is 95.7 cm³/mol. The van der Waals surface area contributed by atoms with E-state index in [0.717, 1.165) is 11.1 Å². The minimum absolute atomic E-state index is 0.159. The molecule has 0 spiro atoms. The molecule has 2 rings (SSSR count). The van der Waals surface area contributed by atoms with Gasteiger partial charge >= 0.3 is 11.8 Å². The fourth-order valence-electron chi connectivity index (χ4n) is 2.45. The van der Waals surface area contributed by atoms with Gasteiger partial charge in [-0.3, -0.25) is 9.59 Å². The second kappa shape index (κ2) is 8.87. The Morgan fingerprint density at radius 2 is 1.04 bits per heavy atom. The highest BCUT2D eigenvalue weighted by Crippen LogP contribution is 2.13. The minimum atomic E-state index is -0.585. The molecule has 0 saturated heterocycles. The molecule has 0 heterocycles. The number of rotatable bonds is 6. The van der Waals surface area contributed by atoms with Crippen molar-refractivity contribution in [2.75, 3.05) is 13.1 Å². The summed E-state index contributed by atoms with van der Waals surface area (Å²) >= 11 is 0. The average molecular weight is 324 g/mol. The molecule has 24 heavy (non-hydrogen) atoms. The summed E-state index contributed by atoms with van der Waals surface area (Å²) in [5.74, 6) is -0.853. The molecule has 0 radical (unpaired) electrons. The zero-order valence-electron chi connectivity index (χ0n) is 14.2. The highest BCUT2D eigenvalue weighted by Gasteiger charge is 2.16. The average Bonchev–Trinajstić information content (AvgIpc) is 2.64. The molecule has 0 aliphatic heterocycles. The monoisotopic (exact) mass is 324 g/mol. The van der Waals surface area contributed by atoms with Crippen LogP contribution in [-0.4, -0.2) is 24.9 Å². The Bertz CT molecular complexity index is 596. The Morgan fingerprint density at radius 1 is 0.708 bits per heavy atom. The van der Waals surface area contributed by atoms with Gasteiger partial charge in [0.25, 0.3) is 0 Å². The number of nitrogens with one attached hydrogen (secondary N) is 2. The van der Waals surface area contributed by atoms with Crippen molar-refractivity contribution in [2.24, 2.45) is 0 Å². The largest absolute Gasteiger partial charge is 0.347 e. The van der Waals surface area contributed by atoms with Crippen molar-refractivity contribution in [1.82, 2.24) is 10.6 Å². The molecule has 2 aromatic carbocycles. The molecule has 0 aliphatic carbocycles. The van der Waals surface area contributed by atoms with Crippen LogP contribution in [0.3, 0.4) is 0 Å². The molecule has 2 aromatic rings. The fourth-order valence-corrected chi connectivity index (χ4v) is 2.45. The van der Waals surface area contributed by atoms with Crippen LogP contribution in [0.1, 0.15) is 36.8 Å². The van der Waals surface area contributed by atoms with E-state index in [1.54, 1.807) is 0 Å². The number of carbonyl (C=O) groups excluding carboxylic acids is 2. The minimum Gasteiger partial charge on any atom is -0.347 e. The smallest absolute Gasteiger partial charge is 0.309 e. The van der Waals surface area contributed by atoms with E-state index in [1.807, 2.05) is 74.5 Å². The van der Waals surface area contributed by atoms with Crippen LogP contribution < -0.4 is 10.6 Å². The summed E-state index contributed by atoms with van der Waals surface area (Å²) in [7, 11) is 0. The van der Waals surface area contributed by atoms with Gasteiger partial charge in [-0.15, -0.1) is 0 Å². The Hall–Kier alpha value is -2.62. The quantitative estimate of drug-likeness (QED) is 0.803. The molecule has 0 aromatic heterocycles. The predicted octanol–water partition coefficient (Wildman–Crippen LogP) is 2.83. The van der Waals surface area contributed by atoms with Gasteiger partial charge in [-0.1, -0.05) is 74.5 Å². The molecule has 126 valence electrons. The highest BCUT2D eigenvalue weighted by molar-refractivity contribution is 6.35. The number of carbonyl (C=O) groups is 2. The lowest BCUT2D eigenvalue weighted by Gasteiger charge is -2.15. The van der Waals surface area contributed by atoms with Gasteiger partial charge in [-0.2, -0.15) is 0 Å². The van der Waals surface area contributed by atoms with Crippen LogP contribution in [0, 0.1) is 0 Å². The normalized spacial score (nSPS) is 12.9. The van der Waals surface area contributed by atoms with E-state index in [9.17, 15) is 9.59 Å². The van der Waals surface area contributed by atoms with E-state index in [4.69, 9.17) is 0 Å². The summed E-state index contributed by atoms with van der Waals surface area (Å²) in [6.45, 7) is 4.91. The van der Waals surface area contributed by atoms with Crippen molar-refractivity contribution in [3.63, 3.8) is 0 Å². The van der Waals surface area contributed by atoms with Crippen LogP contribution in [0.4, 0.5) is 0 Å². The zero-order valence-corrected chi connectivity index (χ0v) is 14.2. The first-order valence-corrected chi connectivity index (χ1v) is 8.24. The van der Waals surface area contributed by atoms with Gasteiger partial charge in [0.1, 0.15) is 0 Å². The molecule has 2 atom stereocenters. The van der Waals surface area contributed by atoms with Crippen LogP contribution in [0.5, 0.6) is 0 Å². The Kier molecular flexibility index (Phi) is 6.55. The van der Waals surface area contributed by atoms with E-state index >= 15 is 0 Å². The maximum absolute atomic E-state index is 11.9. The maximum Gasteiger partial charge on any atom is 0.309 e. The molecule has 0 unspecified atom stereocenters. The summed E-state index contributed by atoms with van der Waals surface area (Å²) in [5, 5.41) is 5.39. The van der Waals surface area contributed by atoms with Crippen molar-refractivity contribution in [2.45, 2.75) is 25.7 Å². The molecular formula is C20H24N2O2.